The molecule has 0 aliphatic rings. The van der Waals surface area contributed by atoms with Crippen LogP contribution in [0.25, 0.3) is 22.0 Å². The molecule has 30 heavy (non-hydrogen) atoms. The number of nitrogens with one attached hydrogen (secondary N) is 2. The number of hydrogen-bond acceptors (Lipinski definition) is 4. The number of aryl methyl sites for hydroxylation is 1. The van der Waals surface area contributed by atoms with Crippen molar-refractivity contribution in [3.05, 3.63) is 71.1 Å². The van der Waals surface area contributed by atoms with Crippen molar-refractivity contribution in [2.24, 2.45) is 0 Å². The van der Waals surface area contributed by atoms with E-state index in [1.54, 1.807) is 12.4 Å². The smallest absolute Gasteiger partial charge is 0.119 e. The summed E-state index contributed by atoms with van der Waals surface area (Å²) < 4.78 is 5.55. The lowest BCUT2D eigenvalue weighted by molar-refractivity contribution is 0.343. The second-order valence-electron chi connectivity index (χ2n) is 6.71. The topological polar surface area (TPSA) is 73.7 Å². The van der Waals surface area contributed by atoms with Gasteiger partial charge in [-0.2, -0.15) is 5.26 Å². The number of aromatic nitrogens is 2. The molecule has 0 unspecified atom stereocenters. The SMILES string of the molecule is Cc1c(Nc2c(C#N)cncc2-c2ccc(OCCCl)cc2)cc(Cl)c2[nH]ccc12. The third-order valence-electron chi connectivity index (χ3n) is 4.90. The Balaban J connectivity index is 1.77. The van der Waals surface area contributed by atoms with E-state index in [4.69, 9.17) is 27.9 Å². The molecule has 4 rings (SSSR count). The van der Waals surface area contributed by atoms with Crippen LogP contribution in [0.3, 0.4) is 0 Å². The molecule has 0 aliphatic heterocycles. The molecule has 0 radical (unpaired) electrons. The Morgan fingerprint density at radius 3 is 2.73 bits per heavy atom. The molecule has 0 bridgehead atoms. The maximum absolute atomic E-state index is 9.68. The normalized spacial score (nSPS) is 10.7. The first-order valence-electron chi connectivity index (χ1n) is 9.33. The van der Waals surface area contributed by atoms with Crippen molar-refractivity contribution in [3.8, 4) is 22.9 Å². The largest absolute Gasteiger partial charge is 0.492 e. The number of alkyl halides is 1. The van der Waals surface area contributed by atoms with E-state index in [0.717, 1.165) is 39.0 Å². The van der Waals surface area contributed by atoms with Gasteiger partial charge in [0.05, 0.1) is 27.7 Å². The van der Waals surface area contributed by atoms with Gasteiger partial charge in [0.25, 0.3) is 0 Å². The first kappa shape index (κ1) is 20.1. The van der Waals surface area contributed by atoms with Gasteiger partial charge in [0.1, 0.15) is 18.4 Å². The summed E-state index contributed by atoms with van der Waals surface area (Å²) in [6, 6.07) is 13.7. The number of nitrogens with zero attached hydrogens (tertiary/aromatic N) is 2. The molecule has 2 aromatic heterocycles. The Labute approximate surface area is 184 Å². The summed E-state index contributed by atoms with van der Waals surface area (Å²) in [5.41, 5.74) is 5.60. The van der Waals surface area contributed by atoms with E-state index in [9.17, 15) is 5.26 Å². The fraction of sp³-hybridized carbons (Fsp3) is 0.130. The van der Waals surface area contributed by atoms with Crippen molar-refractivity contribution in [3.63, 3.8) is 0 Å². The van der Waals surface area contributed by atoms with Crippen LogP contribution in [0.5, 0.6) is 5.75 Å². The molecule has 0 saturated carbocycles. The Bertz CT molecular complexity index is 1240. The van der Waals surface area contributed by atoms with Crippen molar-refractivity contribution in [1.82, 2.24) is 9.97 Å². The molecular formula is C23H18Cl2N4O. The number of pyridine rings is 1. The average molecular weight is 437 g/mol. The molecule has 2 N–H and O–H groups in total. The number of ether oxygens (including phenoxy) is 1. The van der Waals surface area contributed by atoms with Gasteiger partial charge in [-0.15, -0.1) is 11.6 Å². The van der Waals surface area contributed by atoms with E-state index in [1.165, 1.54) is 0 Å². The summed E-state index contributed by atoms with van der Waals surface area (Å²) in [6.45, 7) is 2.46. The van der Waals surface area contributed by atoms with Crippen LogP contribution in [0.15, 0.2) is 55.0 Å². The highest BCUT2D eigenvalue weighted by Crippen LogP contribution is 2.37. The van der Waals surface area contributed by atoms with Gasteiger partial charge in [-0.05, 0) is 42.3 Å². The maximum Gasteiger partial charge on any atom is 0.119 e. The van der Waals surface area contributed by atoms with Crippen molar-refractivity contribution in [1.29, 1.82) is 5.26 Å². The van der Waals surface area contributed by atoms with Crippen molar-refractivity contribution in [2.45, 2.75) is 6.92 Å². The second kappa shape index (κ2) is 8.66. The number of nitriles is 1. The summed E-state index contributed by atoms with van der Waals surface area (Å²) in [5, 5.41) is 14.7. The van der Waals surface area contributed by atoms with Gasteiger partial charge in [-0.1, -0.05) is 23.7 Å². The molecule has 0 spiro atoms. The Morgan fingerprint density at radius 2 is 2.00 bits per heavy atom. The minimum Gasteiger partial charge on any atom is -0.492 e. The van der Waals surface area contributed by atoms with Crippen LogP contribution >= 0.6 is 23.2 Å². The first-order valence-corrected chi connectivity index (χ1v) is 10.2. The zero-order valence-corrected chi connectivity index (χ0v) is 17.7. The van der Waals surface area contributed by atoms with Gasteiger partial charge < -0.3 is 15.0 Å². The summed E-state index contributed by atoms with van der Waals surface area (Å²) in [6.07, 6.45) is 5.15. The van der Waals surface area contributed by atoms with E-state index in [2.05, 4.69) is 21.4 Å². The summed E-state index contributed by atoms with van der Waals surface area (Å²) >= 11 is 12.1. The van der Waals surface area contributed by atoms with Gasteiger partial charge in [-0.25, -0.2) is 0 Å². The molecule has 0 amide bonds. The minimum absolute atomic E-state index is 0.428. The van der Waals surface area contributed by atoms with Crippen LogP contribution in [-0.2, 0) is 0 Å². The van der Waals surface area contributed by atoms with Crippen molar-refractivity contribution >= 4 is 45.5 Å². The molecule has 0 saturated heterocycles. The van der Waals surface area contributed by atoms with Crippen molar-refractivity contribution < 1.29 is 4.74 Å². The third kappa shape index (κ3) is 3.80. The Morgan fingerprint density at radius 1 is 1.20 bits per heavy atom. The summed E-state index contributed by atoms with van der Waals surface area (Å²) in [4.78, 5) is 7.40. The summed E-state index contributed by atoms with van der Waals surface area (Å²) in [7, 11) is 0. The van der Waals surface area contributed by atoms with Crippen LogP contribution in [0.4, 0.5) is 11.4 Å². The minimum atomic E-state index is 0.428. The van der Waals surface area contributed by atoms with Crippen LogP contribution in [0.2, 0.25) is 5.02 Å². The first-order chi connectivity index (χ1) is 14.6. The maximum atomic E-state index is 9.68. The lowest BCUT2D eigenvalue weighted by Crippen LogP contribution is -2.00. The van der Waals surface area contributed by atoms with Crippen molar-refractivity contribution in [2.75, 3.05) is 17.8 Å². The van der Waals surface area contributed by atoms with Gasteiger partial charge >= 0.3 is 0 Å². The molecule has 0 fully saturated rings. The number of hydrogen-bond donors (Lipinski definition) is 2. The highest BCUT2D eigenvalue weighted by molar-refractivity contribution is 6.35. The molecule has 2 aromatic carbocycles. The van der Waals surface area contributed by atoms with Crippen LogP contribution < -0.4 is 10.1 Å². The third-order valence-corrected chi connectivity index (χ3v) is 5.35. The van der Waals surface area contributed by atoms with E-state index >= 15 is 0 Å². The number of benzene rings is 2. The fourth-order valence-corrected chi connectivity index (χ4v) is 3.72. The number of aromatic amines is 1. The Kier molecular flexibility index (Phi) is 5.80. The van der Waals surface area contributed by atoms with Gasteiger partial charge in [0.2, 0.25) is 0 Å². The highest BCUT2D eigenvalue weighted by atomic mass is 35.5. The highest BCUT2D eigenvalue weighted by Gasteiger charge is 2.15. The number of rotatable bonds is 6. The van der Waals surface area contributed by atoms with E-state index < -0.39 is 0 Å². The van der Waals surface area contributed by atoms with E-state index in [0.29, 0.717) is 28.8 Å². The number of H-pyrrole nitrogens is 1. The average Bonchev–Trinajstić information content (AvgIpc) is 3.27. The molecule has 7 heteroatoms. The van der Waals surface area contributed by atoms with Gasteiger partial charge in [0, 0.05) is 35.2 Å². The predicted octanol–water partition coefficient (Wildman–Crippen LogP) is 6.42. The van der Waals surface area contributed by atoms with E-state index in [-0.39, 0.29) is 0 Å². The molecule has 4 aromatic rings. The molecule has 0 aliphatic carbocycles. The lowest BCUT2D eigenvalue weighted by Gasteiger charge is -2.16. The molecule has 0 atom stereocenters. The number of fused-ring (bicyclic) bond motifs is 1. The quantitative estimate of drug-likeness (QED) is 0.341. The van der Waals surface area contributed by atoms with Gasteiger partial charge in [0.15, 0.2) is 0 Å². The molecule has 150 valence electrons. The molecule has 2 heterocycles. The molecule has 5 nitrogen and oxygen atoms in total. The van der Waals surface area contributed by atoms with Gasteiger partial charge in [-0.3, -0.25) is 4.98 Å². The van der Waals surface area contributed by atoms with E-state index in [1.807, 2.05) is 49.5 Å². The molecular weight excluding hydrogens is 419 g/mol. The standard InChI is InChI=1S/C23H18Cl2N4O/c1-14-18-6-8-28-23(18)20(25)10-21(14)29-22-16(11-26)12-27-13-19(22)15-2-4-17(5-3-15)30-9-7-24/h2-6,8,10,12-13,28H,7,9H2,1H3,(H,27,29). The Hall–Kier alpha value is -3.20. The second-order valence-corrected chi connectivity index (χ2v) is 7.49. The van der Waals surface area contributed by atoms with Crippen LogP contribution in [0, 0.1) is 18.3 Å². The zero-order chi connectivity index (χ0) is 21.1. The monoisotopic (exact) mass is 436 g/mol. The predicted molar refractivity (Wildman–Crippen MR) is 122 cm³/mol. The van der Waals surface area contributed by atoms with Crippen LogP contribution in [-0.4, -0.2) is 22.5 Å². The lowest BCUT2D eigenvalue weighted by atomic mass is 10.0. The zero-order valence-electron chi connectivity index (χ0n) is 16.2. The van der Waals surface area contributed by atoms with Crippen LogP contribution in [0.1, 0.15) is 11.1 Å². The number of halogens is 2. The fourth-order valence-electron chi connectivity index (χ4n) is 3.38. The number of anilines is 2. The summed E-state index contributed by atoms with van der Waals surface area (Å²) in [5.74, 6) is 1.16.